The van der Waals surface area contributed by atoms with Crippen LogP contribution in [-0.2, 0) is 6.54 Å². The molecule has 0 saturated carbocycles. The molecule has 0 bridgehead atoms. The fourth-order valence-corrected chi connectivity index (χ4v) is 2.65. The van der Waals surface area contributed by atoms with Gasteiger partial charge in [0.15, 0.2) is 5.78 Å². The molecule has 4 nitrogen and oxygen atoms in total. The van der Waals surface area contributed by atoms with Gasteiger partial charge in [-0.1, -0.05) is 20.8 Å². The van der Waals surface area contributed by atoms with E-state index >= 15 is 0 Å². The van der Waals surface area contributed by atoms with Gasteiger partial charge in [0, 0.05) is 18.5 Å². The van der Waals surface area contributed by atoms with Crippen molar-refractivity contribution in [2.75, 3.05) is 6.54 Å². The summed E-state index contributed by atoms with van der Waals surface area (Å²) in [7, 11) is 0. The van der Waals surface area contributed by atoms with Crippen LogP contribution >= 0.6 is 15.9 Å². The van der Waals surface area contributed by atoms with Crippen LogP contribution in [0.4, 0.5) is 0 Å². The zero-order valence-electron chi connectivity index (χ0n) is 11.4. The van der Waals surface area contributed by atoms with Crippen molar-refractivity contribution < 1.29 is 4.79 Å². The van der Waals surface area contributed by atoms with Crippen molar-refractivity contribution in [3.63, 3.8) is 0 Å². The molecular formula is C13H22BrN3O. The molecule has 0 atom stereocenters. The van der Waals surface area contributed by atoms with Crippen LogP contribution in [0.15, 0.2) is 10.7 Å². The van der Waals surface area contributed by atoms with Crippen molar-refractivity contribution in [2.45, 2.75) is 46.6 Å². The summed E-state index contributed by atoms with van der Waals surface area (Å²) in [5.74, 6) is 0.104. The summed E-state index contributed by atoms with van der Waals surface area (Å²) in [6, 6.07) is 0. The largest absolute Gasteiger partial charge is 0.329 e. The van der Waals surface area contributed by atoms with Gasteiger partial charge in [0.25, 0.3) is 0 Å². The van der Waals surface area contributed by atoms with Gasteiger partial charge < -0.3 is 5.73 Å². The monoisotopic (exact) mass is 315 g/mol. The number of rotatable bonds is 7. The maximum atomic E-state index is 12.8. The summed E-state index contributed by atoms with van der Waals surface area (Å²) in [5, 5.41) is 4.25. The number of halogens is 1. The van der Waals surface area contributed by atoms with Crippen LogP contribution in [0, 0.1) is 5.41 Å². The first-order valence-electron chi connectivity index (χ1n) is 6.52. The van der Waals surface area contributed by atoms with Gasteiger partial charge in [0.2, 0.25) is 0 Å². The molecule has 0 unspecified atom stereocenters. The molecule has 2 N–H and O–H groups in total. The molecule has 0 spiro atoms. The SMILES string of the molecule is CCCn1ncc(Br)c1C(=O)C(CC)(CC)CN. The normalized spacial score (nSPS) is 11.8. The van der Waals surface area contributed by atoms with E-state index in [1.54, 1.807) is 10.9 Å². The lowest BCUT2D eigenvalue weighted by Crippen LogP contribution is -2.39. The highest BCUT2D eigenvalue weighted by molar-refractivity contribution is 9.10. The van der Waals surface area contributed by atoms with Crippen molar-refractivity contribution in [3.05, 3.63) is 16.4 Å². The Labute approximate surface area is 117 Å². The zero-order chi connectivity index (χ0) is 13.8. The Kier molecular flexibility index (Phi) is 5.53. The maximum absolute atomic E-state index is 12.8. The van der Waals surface area contributed by atoms with E-state index in [1.165, 1.54) is 0 Å². The molecule has 1 aromatic heterocycles. The number of ketones is 1. The molecule has 0 amide bonds. The molecule has 0 fully saturated rings. The summed E-state index contributed by atoms with van der Waals surface area (Å²) in [6.45, 7) is 7.23. The van der Waals surface area contributed by atoms with Crippen LogP contribution in [0.5, 0.6) is 0 Å². The van der Waals surface area contributed by atoms with E-state index in [4.69, 9.17) is 5.73 Å². The van der Waals surface area contributed by atoms with Crippen LogP contribution in [-0.4, -0.2) is 22.1 Å². The third-order valence-corrected chi connectivity index (χ3v) is 4.25. The molecule has 1 aromatic rings. The van der Waals surface area contributed by atoms with Gasteiger partial charge in [0.05, 0.1) is 10.7 Å². The molecule has 18 heavy (non-hydrogen) atoms. The molecule has 0 radical (unpaired) electrons. The summed E-state index contributed by atoms with van der Waals surface area (Å²) in [4.78, 5) is 12.8. The number of nitrogens with two attached hydrogens (primary N) is 1. The quantitative estimate of drug-likeness (QED) is 0.787. The Hall–Kier alpha value is -0.680. The van der Waals surface area contributed by atoms with Crippen LogP contribution in [0.1, 0.15) is 50.5 Å². The molecule has 0 saturated heterocycles. The molecular weight excluding hydrogens is 294 g/mol. The summed E-state index contributed by atoms with van der Waals surface area (Å²) < 4.78 is 2.54. The smallest absolute Gasteiger partial charge is 0.189 e. The summed E-state index contributed by atoms with van der Waals surface area (Å²) in [6.07, 6.45) is 4.14. The number of aromatic nitrogens is 2. The number of hydrogen-bond donors (Lipinski definition) is 1. The number of carbonyl (C=O) groups excluding carboxylic acids is 1. The summed E-state index contributed by atoms with van der Waals surface area (Å²) in [5.41, 5.74) is 6.04. The molecule has 0 aliphatic rings. The fraction of sp³-hybridized carbons (Fsp3) is 0.692. The number of aryl methyl sites for hydroxylation is 1. The Morgan fingerprint density at radius 3 is 2.50 bits per heavy atom. The Morgan fingerprint density at radius 1 is 1.44 bits per heavy atom. The van der Waals surface area contributed by atoms with E-state index < -0.39 is 5.41 Å². The van der Waals surface area contributed by atoms with E-state index in [9.17, 15) is 4.79 Å². The molecule has 102 valence electrons. The molecule has 0 aliphatic carbocycles. The van der Waals surface area contributed by atoms with Crippen molar-refractivity contribution in [2.24, 2.45) is 11.1 Å². The minimum absolute atomic E-state index is 0.104. The third-order valence-electron chi connectivity index (χ3n) is 3.67. The molecule has 5 heteroatoms. The average molecular weight is 316 g/mol. The minimum atomic E-state index is -0.464. The van der Waals surface area contributed by atoms with E-state index in [-0.39, 0.29) is 5.78 Å². The Bertz CT molecular complexity index is 402. The minimum Gasteiger partial charge on any atom is -0.329 e. The second kappa shape index (κ2) is 6.48. The molecule has 1 heterocycles. The van der Waals surface area contributed by atoms with Crippen molar-refractivity contribution in [3.8, 4) is 0 Å². The Balaban J connectivity index is 3.20. The molecule has 1 rings (SSSR count). The van der Waals surface area contributed by atoms with Crippen LogP contribution in [0.3, 0.4) is 0 Å². The lowest BCUT2D eigenvalue weighted by Gasteiger charge is -2.28. The summed E-state index contributed by atoms with van der Waals surface area (Å²) >= 11 is 3.42. The van der Waals surface area contributed by atoms with Gasteiger partial charge in [-0.25, -0.2) is 0 Å². The lowest BCUT2D eigenvalue weighted by atomic mass is 9.77. The first-order chi connectivity index (χ1) is 8.56. The third kappa shape index (κ3) is 2.67. The van der Waals surface area contributed by atoms with Crippen molar-refractivity contribution in [1.29, 1.82) is 0 Å². The van der Waals surface area contributed by atoms with Crippen molar-refractivity contribution in [1.82, 2.24) is 9.78 Å². The van der Waals surface area contributed by atoms with Gasteiger partial charge in [-0.15, -0.1) is 0 Å². The second-order valence-corrected chi connectivity index (χ2v) is 5.44. The van der Waals surface area contributed by atoms with E-state index in [0.29, 0.717) is 12.2 Å². The van der Waals surface area contributed by atoms with Crippen LogP contribution in [0.2, 0.25) is 0 Å². The number of hydrogen-bond acceptors (Lipinski definition) is 3. The second-order valence-electron chi connectivity index (χ2n) is 4.58. The zero-order valence-corrected chi connectivity index (χ0v) is 13.0. The predicted octanol–water partition coefficient (Wildman–Crippen LogP) is 3.00. The van der Waals surface area contributed by atoms with Gasteiger partial charge >= 0.3 is 0 Å². The van der Waals surface area contributed by atoms with E-state index in [2.05, 4.69) is 28.0 Å². The standard InChI is InChI=1S/C13H22BrN3O/c1-4-7-17-11(10(14)8-16-17)12(18)13(5-2,6-3)9-15/h8H,4-7,9,15H2,1-3H3. The van der Waals surface area contributed by atoms with E-state index in [1.807, 2.05) is 13.8 Å². The average Bonchev–Trinajstić information content (AvgIpc) is 2.73. The highest BCUT2D eigenvalue weighted by Gasteiger charge is 2.37. The van der Waals surface area contributed by atoms with E-state index in [0.717, 1.165) is 30.3 Å². The number of carbonyl (C=O) groups is 1. The lowest BCUT2D eigenvalue weighted by molar-refractivity contribution is 0.0774. The predicted molar refractivity (Wildman–Crippen MR) is 76.6 cm³/mol. The molecule has 0 aromatic carbocycles. The first-order valence-corrected chi connectivity index (χ1v) is 7.31. The number of Topliss-reactive ketones (excluding diaryl/α,β-unsaturated/α-hetero) is 1. The molecule has 0 aliphatic heterocycles. The van der Waals surface area contributed by atoms with Crippen LogP contribution in [0.25, 0.3) is 0 Å². The highest BCUT2D eigenvalue weighted by atomic mass is 79.9. The van der Waals surface area contributed by atoms with Gasteiger partial charge in [-0.3, -0.25) is 9.48 Å². The maximum Gasteiger partial charge on any atom is 0.189 e. The topological polar surface area (TPSA) is 60.9 Å². The first kappa shape index (κ1) is 15.4. The highest BCUT2D eigenvalue weighted by Crippen LogP contribution is 2.32. The van der Waals surface area contributed by atoms with Crippen LogP contribution < -0.4 is 5.73 Å². The number of nitrogens with zero attached hydrogens (tertiary/aromatic N) is 2. The Morgan fingerprint density at radius 2 is 2.06 bits per heavy atom. The van der Waals surface area contributed by atoms with Gasteiger partial charge in [-0.05, 0) is 35.2 Å². The van der Waals surface area contributed by atoms with Gasteiger partial charge in [0.1, 0.15) is 5.69 Å². The fourth-order valence-electron chi connectivity index (χ4n) is 2.17. The van der Waals surface area contributed by atoms with Crippen molar-refractivity contribution >= 4 is 21.7 Å². The van der Waals surface area contributed by atoms with Gasteiger partial charge in [-0.2, -0.15) is 5.10 Å².